The second-order valence-electron chi connectivity index (χ2n) is 4.69. The lowest BCUT2D eigenvalue weighted by Gasteiger charge is -2.22. The maximum Gasteiger partial charge on any atom is 0.214 e. The predicted molar refractivity (Wildman–Crippen MR) is 71.1 cm³/mol. The maximum atomic E-state index is 11.9. The van der Waals surface area contributed by atoms with Gasteiger partial charge in [-0.05, 0) is 19.3 Å². The zero-order valence-corrected chi connectivity index (χ0v) is 12.5. The summed E-state index contributed by atoms with van der Waals surface area (Å²) in [5, 5.41) is 8.73. The van der Waals surface area contributed by atoms with Crippen molar-refractivity contribution in [1.82, 2.24) is 4.72 Å². The molecule has 0 aromatic carbocycles. The molecule has 9 heteroatoms. The summed E-state index contributed by atoms with van der Waals surface area (Å²) in [5.74, 6) is -0.157. The molecule has 0 aromatic rings. The minimum atomic E-state index is -3.51. The molecule has 1 heterocycles. The van der Waals surface area contributed by atoms with Crippen LogP contribution in [0.2, 0.25) is 0 Å². The third-order valence-corrected chi connectivity index (χ3v) is 6.75. The minimum absolute atomic E-state index is 0.0785. The highest BCUT2D eigenvalue weighted by molar-refractivity contribution is 7.92. The van der Waals surface area contributed by atoms with Gasteiger partial charge in [0.2, 0.25) is 10.0 Å². The van der Waals surface area contributed by atoms with Crippen molar-refractivity contribution in [2.24, 2.45) is 0 Å². The summed E-state index contributed by atoms with van der Waals surface area (Å²) in [5.41, 5.74) is 0. The predicted octanol–water partition coefficient (Wildman–Crippen LogP) is -1.12. The molecule has 19 heavy (non-hydrogen) atoms. The molecule has 0 saturated carbocycles. The van der Waals surface area contributed by atoms with Gasteiger partial charge in [-0.1, -0.05) is 0 Å². The second-order valence-corrected chi connectivity index (χ2v) is 9.04. The molecule has 0 aliphatic carbocycles. The van der Waals surface area contributed by atoms with Crippen LogP contribution in [0.1, 0.15) is 19.3 Å². The Balaban J connectivity index is 2.40. The van der Waals surface area contributed by atoms with Crippen LogP contribution in [-0.2, 0) is 24.6 Å². The van der Waals surface area contributed by atoms with Crippen molar-refractivity contribution in [3.8, 4) is 0 Å². The fourth-order valence-electron chi connectivity index (χ4n) is 1.94. The minimum Gasteiger partial charge on any atom is -0.391 e. The third-order valence-electron chi connectivity index (χ3n) is 3.08. The van der Waals surface area contributed by atoms with Crippen LogP contribution in [0, 0.1) is 0 Å². The molecule has 1 atom stereocenters. The summed E-state index contributed by atoms with van der Waals surface area (Å²) in [6.45, 7) is 0.277. The van der Waals surface area contributed by atoms with Gasteiger partial charge in [0, 0.05) is 13.7 Å². The number of hydrogen-bond donors (Lipinski definition) is 2. The molecule has 114 valence electrons. The molecule has 1 aliphatic heterocycles. The average molecular weight is 315 g/mol. The fraction of sp³-hybridized carbons (Fsp3) is 1.00. The van der Waals surface area contributed by atoms with Gasteiger partial charge in [0.25, 0.3) is 0 Å². The zero-order chi connectivity index (χ0) is 14.5. The van der Waals surface area contributed by atoms with Gasteiger partial charge in [-0.15, -0.1) is 0 Å². The van der Waals surface area contributed by atoms with Crippen molar-refractivity contribution < 1.29 is 26.7 Å². The van der Waals surface area contributed by atoms with Gasteiger partial charge in [-0.3, -0.25) is 0 Å². The van der Waals surface area contributed by atoms with Gasteiger partial charge in [0.05, 0.1) is 29.5 Å². The summed E-state index contributed by atoms with van der Waals surface area (Å²) in [6, 6.07) is 0. The van der Waals surface area contributed by atoms with Crippen LogP contribution < -0.4 is 4.72 Å². The Kier molecular flexibility index (Phi) is 6.18. The van der Waals surface area contributed by atoms with Crippen LogP contribution in [0.15, 0.2) is 0 Å². The standard InChI is InChI=1S/C10H21NO6S2/c1-17-8-9(12)2-5-11-19(15,16)10-3-6-18(13,14)7-4-10/h9-12H,2-8H2,1H3. The quantitative estimate of drug-likeness (QED) is 0.616. The van der Waals surface area contributed by atoms with Gasteiger partial charge in [0.1, 0.15) is 9.84 Å². The first-order chi connectivity index (χ1) is 8.77. The smallest absolute Gasteiger partial charge is 0.214 e. The Labute approximate surface area is 114 Å². The fourth-order valence-corrected chi connectivity index (χ4v) is 5.22. The summed E-state index contributed by atoms with van der Waals surface area (Å²) in [4.78, 5) is 0. The first-order valence-corrected chi connectivity index (χ1v) is 9.49. The Morgan fingerprint density at radius 1 is 1.37 bits per heavy atom. The van der Waals surface area contributed by atoms with E-state index in [1.807, 2.05) is 0 Å². The summed E-state index contributed by atoms with van der Waals surface area (Å²) < 4.78 is 53.4. The molecule has 1 rings (SSSR count). The van der Waals surface area contributed by atoms with Crippen molar-refractivity contribution >= 4 is 19.9 Å². The molecule has 7 nitrogen and oxygen atoms in total. The normalized spacial score (nSPS) is 22.2. The highest BCUT2D eigenvalue weighted by Gasteiger charge is 2.32. The molecule has 0 amide bonds. The van der Waals surface area contributed by atoms with Gasteiger partial charge < -0.3 is 9.84 Å². The van der Waals surface area contributed by atoms with Gasteiger partial charge in [0.15, 0.2) is 0 Å². The van der Waals surface area contributed by atoms with E-state index in [1.165, 1.54) is 7.11 Å². The molecule has 0 bridgehead atoms. The SMILES string of the molecule is COCC(O)CCNS(=O)(=O)C1CCS(=O)(=O)CC1. The van der Waals surface area contributed by atoms with Crippen LogP contribution in [0.4, 0.5) is 0 Å². The van der Waals surface area contributed by atoms with E-state index in [0.29, 0.717) is 0 Å². The number of rotatable bonds is 7. The largest absolute Gasteiger partial charge is 0.391 e. The summed E-state index contributed by atoms with van der Waals surface area (Å²) >= 11 is 0. The van der Waals surface area contributed by atoms with E-state index in [0.717, 1.165) is 0 Å². The maximum absolute atomic E-state index is 11.9. The summed E-state index contributed by atoms with van der Waals surface area (Å²) in [7, 11) is -5.12. The number of aliphatic hydroxyl groups excluding tert-OH is 1. The van der Waals surface area contributed by atoms with Crippen molar-refractivity contribution in [2.75, 3.05) is 31.8 Å². The molecular weight excluding hydrogens is 294 g/mol. The molecule has 0 aromatic heterocycles. The Hall–Kier alpha value is -0.220. The number of nitrogens with one attached hydrogen (secondary N) is 1. The highest BCUT2D eigenvalue weighted by Crippen LogP contribution is 2.18. The molecular formula is C10H21NO6S2. The first kappa shape index (κ1) is 16.8. The van der Waals surface area contributed by atoms with Crippen LogP contribution >= 0.6 is 0 Å². The van der Waals surface area contributed by atoms with Crippen molar-refractivity contribution in [3.63, 3.8) is 0 Å². The number of hydrogen-bond acceptors (Lipinski definition) is 6. The highest BCUT2D eigenvalue weighted by atomic mass is 32.2. The van der Waals surface area contributed by atoms with E-state index in [4.69, 9.17) is 4.74 Å². The van der Waals surface area contributed by atoms with Crippen molar-refractivity contribution in [2.45, 2.75) is 30.6 Å². The number of aliphatic hydroxyl groups is 1. The second kappa shape index (κ2) is 6.98. The molecule has 2 N–H and O–H groups in total. The Morgan fingerprint density at radius 3 is 2.47 bits per heavy atom. The topological polar surface area (TPSA) is 110 Å². The van der Waals surface area contributed by atoms with Crippen LogP contribution in [0.3, 0.4) is 0 Å². The lowest BCUT2D eigenvalue weighted by molar-refractivity contribution is 0.0603. The van der Waals surface area contributed by atoms with E-state index in [1.54, 1.807) is 0 Å². The molecule has 1 aliphatic rings. The Morgan fingerprint density at radius 2 is 1.95 bits per heavy atom. The van der Waals surface area contributed by atoms with E-state index < -0.39 is 31.2 Å². The number of ether oxygens (including phenoxy) is 1. The molecule has 1 saturated heterocycles. The van der Waals surface area contributed by atoms with E-state index in [9.17, 15) is 21.9 Å². The molecule has 0 spiro atoms. The van der Waals surface area contributed by atoms with Crippen LogP contribution in [-0.4, -0.2) is 65.1 Å². The average Bonchev–Trinajstić information content (AvgIpc) is 2.28. The number of methoxy groups -OCH3 is 1. The monoisotopic (exact) mass is 315 g/mol. The van der Waals surface area contributed by atoms with Gasteiger partial charge in [-0.25, -0.2) is 21.6 Å². The third kappa shape index (κ3) is 5.74. The summed E-state index contributed by atoms with van der Waals surface area (Å²) in [6.07, 6.45) is -0.172. The molecule has 1 fully saturated rings. The van der Waals surface area contributed by atoms with Crippen molar-refractivity contribution in [3.05, 3.63) is 0 Å². The van der Waals surface area contributed by atoms with E-state index in [2.05, 4.69) is 4.72 Å². The number of sulfone groups is 1. The van der Waals surface area contributed by atoms with Gasteiger partial charge in [-0.2, -0.15) is 0 Å². The lowest BCUT2D eigenvalue weighted by Crippen LogP contribution is -2.40. The van der Waals surface area contributed by atoms with Crippen LogP contribution in [0.5, 0.6) is 0 Å². The molecule has 0 radical (unpaired) electrons. The van der Waals surface area contributed by atoms with Crippen molar-refractivity contribution in [1.29, 1.82) is 0 Å². The van der Waals surface area contributed by atoms with E-state index in [-0.39, 0.29) is 43.9 Å². The lowest BCUT2D eigenvalue weighted by atomic mass is 10.2. The zero-order valence-electron chi connectivity index (χ0n) is 10.9. The number of sulfonamides is 1. The first-order valence-electron chi connectivity index (χ1n) is 6.13. The van der Waals surface area contributed by atoms with E-state index >= 15 is 0 Å². The van der Waals surface area contributed by atoms with Gasteiger partial charge >= 0.3 is 0 Å². The Bertz CT molecular complexity index is 458. The molecule has 1 unspecified atom stereocenters. The van der Waals surface area contributed by atoms with Crippen LogP contribution in [0.25, 0.3) is 0 Å².